The molecule has 2 rings (SSSR count). The quantitative estimate of drug-likeness (QED) is 0.690. The van der Waals surface area contributed by atoms with Crippen molar-refractivity contribution < 1.29 is 9.72 Å². The summed E-state index contributed by atoms with van der Waals surface area (Å²) in [6.45, 7) is 1.78. The summed E-state index contributed by atoms with van der Waals surface area (Å²) < 4.78 is 0. The fourth-order valence-electron chi connectivity index (χ4n) is 1.70. The van der Waals surface area contributed by atoms with Crippen molar-refractivity contribution >= 4 is 28.9 Å². The van der Waals surface area contributed by atoms with Crippen LogP contribution in [0.15, 0.2) is 42.5 Å². The summed E-state index contributed by atoms with van der Waals surface area (Å²) in [4.78, 5) is 22.2. The van der Waals surface area contributed by atoms with E-state index in [2.05, 4.69) is 5.32 Å². The van der Waals surface area contributed by atoms with Gasteiger partial charge in [-0.25, -0.2) is 0 Å². The van der Waals surface area contributed by atoms with E-state index in [1.54, 1.807) is 25.1 Å². The molecule has 0 aliphatic carbocycles. The van der Waals surface area contributed by atoms with E-state index in [9.17, 15) is 14.9 Å². The van der Waals surface area contributed by atoms with Gasteiger partial charge in [0.15, 0.2) is 0 Å². The van der Waals surface area contributed by atoms with Crippen LogP contribution in [0.3, 0.4) is 0 Å². The molecule has 0 unspecified atom stereocenters. The average molecular weight is 291 g/mol. The van der Waals surface area contributed by atoms with Crippen molar-refractivity contribution in [3.63, 3.8) is 0 Å². The van der Waals surface area contributed by atoms with E-state index in [0.29, 0.717) is 10.7 Å². The van der Waals surface area contributed by atoms with Crippen LogP contribution in [-0.4, -0.2) is 10.8 Å². The highest BCUT2D eigenvalue weighted by molar-refractivity contribution is 6.31. The van der Waals surface area contributed by atoms with Gasteiger partial charge >= 0.3 is 0 Å². The summed E-state index contributed by atoms with van der Waals surface area (Å²) in [6.07, 6.45) is 0. The van der Waals surface area contributed by atoms with Crippen LogP contribution in [-0.2, 0) is 0 Å². The predicted molar refractivity (Wildman–Crippen MR) is 77.2 cm³/mol. The molecule has 2 aromatic carbocycles. The lowest BCUT2D eigenvalue weighted by molar-refractivity contribution is -0.384. The Hall–Kier alpha value is -2.40. The van der Waals surface area contributed by atoms with Gasteiger partial charge in [-0.05, 0) is 30.7 Å². The highest BCUT2D eigenvalue weighted by atomic mass is 35.5. The fraction of sp³-hybridized carbons (Fsp3) is 0.0714. The van der Waals surface area contributed by atoms with Crippen LogP contribution in [0.5, 0.6) is 0 Å². The topological polar surface area (TPSA) is 72.2 Å². The molecule has 0 saturated heterocycles. The van der Waals surface area contributed by atoms with Crippen molar-refractivity contribution in [2.24, 2.45) is 0 Å². The number of nitrogens with one attached hydrogen (secondary N) is 1. The lowest BCUT2D eigenvalue weighted by Crippen LogP contribution is -2.13. The number of nitro groups is 1. The third-order valence-electron chi connectivity index (χ3n) is 2.84. The van der Waals surface area contributed by atoms with Crippen LogP contribution in [0.25, 0.3) is 0 Å². The third kappa shape index (κ3) is 2.95. The number of carbonyl (C=O) groups excluding carboxylic acids is 1. The first-order valence-electron chi connectivity index (χ1n) is 5.80. The molecule has 0 aliphatic rings. The number of non-ortho nitro benzene ring substituents is 1. The highest BCUT2D eigenvalue weighted by Crippen LogP contribution is 2.23. The number of benzene rings is 2. The standard InChI is InChI=1S/C14H11ClN2O3/c1-9-12(15)6-3-7-13(9)16-14(18)10-4-2-5-11(8-10)17(19)20/h2-8H,1H3,(H,16,18). The van der Waals surface area contributed by atoms with E-state index in [-0.39, 0.29) is 11.3 Å². The molecule has 0 aliphatic heterocycles. The van der Waals surface area contributed by atoms with Crippen molar-refractivity contribution in [3.05, 3.63) is 68.7 Å². The molecule has 20 heavy (non-hydrogen) atoms. The van der Waals surface area contributed by atoms with Gasteiger partial charge in [0.2, 0.25) is 0 Å². The largest absolute Gasteiger partial charge is 0.322 e. The minimum Gasteiger partial charge on any atom is -0.322 e. The Morgan fingerprint density at radius 3 is 2.65 bits per heavy atom. The molecule has 0 bridgehead atoms. The monoisotopic (exact) mass is 290 g/mol. The summed E-state index contributed by atoms with van der Waals surface area (Å²) in [6, 6.07) is 10.7. The van der Waals surface area contributed by atoms with E-state index in [0.717, 1.165) is 5.56 Å². The van der Waals surface area contributed by atoms with E-state index < -0.39 is 10.8 Å². The summed E-state index contributed by atoms with van der Waals surface area (Å²) in [5, 5.41) is 13.9. The molecular weight excluding hydrogens is 280 g/mol. The summed E-state index contributed by atoms with van der Waals surface area (Å²) in [7, 11) is 0. The Balaban J connectivity index is 2.26. The van der Waals surface area contributed by atoms with Gasteiger partial charge < -0.3 is 5.32 Å². The zero-order valence-electron chi connectivity index (χ0n) is 10.6. The van der Waals surface area contributed by atoms with Gasteiger partial charge in [-0.3, -0.25) is 14.9 Å². The lowest BCUT2D eigenvalue weighted by Gasteiger charge is -2.09. The lowest BCUT2D eigenvalue weighted by atomic mass is 10.1. The Bertz CT molecular complexity index is 686. The second-order valence-electron chi connectivity index (χ2n) is 4.17. The number of rotatable bonds is 3. The number of carbonyl (C=O) groups is 1. The number of nitro benzene ring substituents is 1. The molecule has 0 spiro atoms. The molecule has 6 heteroatoms. The zero-order valence-corrected chi connectivity index (χ0v) is 11.3. The maximum Gasteiger partial charge on any atom is 0.270 e. The first kappa shape index (κ1) is 14.0. The fourth-order valence-corrected chi connectivity index (χ4v) is 1.87. The highest BCUT2D eigenvalue weighted by Gasteiger charge is 2.12. The van der Waals surface area contributed by atoms with Crippen LogP contribution in [0.4, 0.5) is 11.4 Å². The van der Waals surface area contributed by atoms with Crippen molar-refractivity contribution in [1.82, 2.24) is 0 Å². The number of halogens is 1. The van der Waals surface area contributed by atoms with Gasteiger partial charge in [-0.15, -0.1) is 0 Å². The van der Waals surface area contributed by atoms with E-state index >= 15 is 0 Å². The first-order chi connectivity index (χ1) is 9.49. The molecule has 0 fully saturated rings. The van der Waals surface area contributed by atoms with Gasteiger partial charge in [0.25, 0.3) is 11.6 Å². The van der Waals surface area contributed by atoms with Crippen LogP contribution < -0.4 is 5.32 Å². The summed E-state index contributed by atoms with van der Waals surface area (Å²) in [5.41, 5.74) is 1.42. The van der Waals surface area contributed by atoms with Gasteiger partial charge in [-0.1, -0.05) is 23.7 Å². The number of anilines is 1. The van der Waals surface area contributed by atoms with E-state index in [1.807, 2.05) is 0 Å². The van der Waals surface area contributed by atoms with Crippen molar-refractivity contribution in [2.75, 3.05) is 5.32 Å². The smallest absolute Gasteiger partial charge is 0.270 e. The molecule has 1 amide bonds. The Labute approximate surface area is 120 Å². The average Bonchev–Trinajstić information content (AvgIpc) is 2.44. The SMILES string of the molecule is Cc1c(Cl)cccc1NC(=O)c1cccc([N+](=O)[O-])c1. The molecule has 102 valence electrons. The summed E-state index contributed by atoms with van der Waals surface area (Å²) in [5.74, 6) is -0.418. The van der Waals surface area contributed by atoms with Crippen LogP contribution in [0, 0.1) is 17.0 Å². The molecule has 0 atom stereocenters. The molecular formula is C14H11ClN2O3. The maximum absolute atomic E-state index is 12.1. The normalized spacial score (nSPS) is 10.1. The van der Waals surface area contributed by atoms with Gasteiger partial charge in [0.1, 0.15) is 0 Å². The third-order valence-corrected chi connectivity index (χ3v) is 3.24. The minimum absolute atomic E-state index is 0.125. The van der Waals surface area contributed by atoms with Crippen molar-refractivity contribution in [1.29, 1.82) is 0 Å². The van der Waals surface area contributed by atoms with Crippen molar-refractivity contribution in [2.45, 2.75) is 6.92 Å². The Morgan fingerprint density at radius 2 is 1.95 bits per heavy atom. The molecule has 1 N–H and O–H groups in total. The van der Waals surface area contributed by atoms with E-state index in [4.69, 9.17) is 11.6 Å². The Kier molecular flexibility index (Phi) is 4.00. The minimum atomic E-state index is -0.540. The molecule has 0 heterocycles. The molecule has 2 aromatic rings. The number of hydrogen-bond acceptors (Lipinski definition) is 3. The molecule has 5 nitrogen and oxygen atoms in total. The first-order valence-corrected chi connectivity index (χ1v) is 6.18. The van der Waals surface area contributed by atoms with Crippen LogP contribution in [0.1, 0.15) is 15.9 Å². The van der Waals surface area contributed by atoms with Gasteiger partial charge in [-0.2, -0.15) is 0 Å². The second-order valence-corrected chi connectivity index (χ2v) is 4.58. The van der Waals surface area contributed by atoms with Gasteiger partial charge in [0, 0.05) is 28.4 Å². The number of nitrogens with zero attached hydrogens (tertiary/aromatic N) is 1. The summed E-state index contributed by atoms with van der Waals surface area (Å²) >= 11 is 5.97. The van der Waals surface area contributed by atoms with Crippen LogP contribution >= 0.6 is 11.6 Å². The number of amides is 1. The van der Waals surface area contributed by atoms with Gasteiger partial charge in [0.05, 0.1) is 4.92 Å². The van der Waals surface area contributed by atoms with E-state index in [1.165, 1.54) is 24.3 Å². The molecule has 0 saturated carbocycles. The maximum atomic E-state index is 12.1. The van der Waals surface area contributed by atoms with Crippen LogP contribution in [0.2, 0.25) is 5.02 Å². The van der Waals surface area contributed by atoms with Crippen molar-refractivity contribution in [3.8, 4) is 0 Å². The second kappa shape index (κ2) is 5.71. The Morgan fingerprint density at radius 1 is 1.25 bits per heavy atom. The molecule has 0 radical (unpaired) electrons. The number of hydrogen-bond donors (Lipinski definition) is 1. The zero-order chi connectivity index (χ0) is 14.7. The molecule has 0 aromatic heterocycles. The predicted octanol–water partition coefficient (Wildman–Crippen LogP) is 3.81.